The first kappa shape index (κ1) is 18.7. The van der Waals surface area contributed by atoms with Crippen LogP contribution in [-0.2, 0) is 4.79 Å². The zero-order valence-corrected chi connectivity index (χ0v) is 16.2. The fraction of sp³-hybridized carbons (Fsp3) is 0.600. The van der Waals surface area contributed by atoms with Crippen molar-refractivity contribution in [2.45, 2.75) is 45.6 Å². The number of rotatable bonds is 6. The first-order valence-electron chi connectivity index (χ1n) is 9.41. The van der Waals surface area contributed by atoms with Gasteiger partial charge in [0.1, 0.15) is 0 Å². The Bertz CT molecular complexity index is 698. The molecule has 6 heteroatoms. The van der Waals surface area contributed by atoms with E-state index in [9.17, 15) is 4.79 Å². The van der Waals surface area contributed by atoms with Crippen molar-refractivity contribution in [1.29, 1.82) is 0 Å². The molecule has 1 fully saturated rings. The number of ether oxygens (including phenoxy) is 2. The highest BCUT2D eigenvalue weighted by Gasteiger charge is 2.49. The van der Waals surface area contributed by atoms with Gasteiger partial charge in [-0.1, -0.05) is 13.3 Å². The minimum atomic E-state index is -0.598. The monoisotopic (exact) mass is 359 g/mol. The average molecular weight is 359 g/mol. The largest absolute Gasteiger partial charge is 0.493 e. The zero-order valence-electron chi connectivity index (χ0n) is 16.2. The maximum Gasteiger partial charge on any atom is 0.254 e. The lowest BCUT2D eigenvalue weighted by atomic mass is 9.77. The van der Waals surface area contributed by atoms with Crippen molar-refractivity contribution in [1.82, 2.24) is 10.3 Å². The van der Waals surface area contributed by atoms with Gasteiger partial charge in [0.15, 0.2) is 11.5 Å². The first-order chi connectivity index (χ1) is 12.5. The fourth-order valence-electron chi connectivity index (χ4n) is 4.00. The van der Waals surface area contributed by atoms with E-state index in [0.717, 1.165) is 50.0 Å². The molecule has 1 N–H and O–H groups in total. The Morgan fingerprint density at radius 3 is 2.54 bits per heavy atom. The summed E-state index contributed by atoms with van der Waals surface area (Å²) in [6.45, 7) is 5.99. The van der Waals surface area contributed by atoms with Crippen molar-refractivity contribution in [2.24, 2.45) is 10.5 Å². The highest BCUT2D eigenvalue weighted by molar-refractivity contribution is 6.19. The Balaban J connectivity index is 2.01. The lowest BCUT2D eigenvalue weighted by Gasteiger charge is -2.31. The molecule has 2 aliphatic rings. The van der Waals surface area contributed by atoms with Gasteiger partial charge in [-0.05, 0) is 57.5 Å². The molecule has 0 radical (unpaired) electrons. The molecule has 6 nitrogen and oxygen atoms in total. The van der Waals surface area contributed by atoms with Crippen LogP contribution in [0.3, 0.4) is 0 Å². The SMILES string of the molecule is CCCC1(C)C(=O)N(C2CCNCC2)N=C1c1ccc(OC)c(OC)c1. The second-order valence-corrected chi connectivity index (χ2v) is 7.23. The molecule has 0 aromatic heterocycles. The molecule has 0 bridgehead atoms. The molecule has 0 saturated carbocycles. The van der Waals surface area contributed by atoms with E-state index in [2.05, 4.69) is 12.2 Å². The van der Waals surface area contributed by atoms with E-state index in [1.165, 1.54) is 0 Å². The Kier molecular flexibility index (Phi) is 5.51. The van der Waals surface area contributed by atoms with Crippen LogP contribution < -0.4 is 14.8 Å². The summed E-state index contributed by atoms with van der Waals surface area (Å²) in [7, 11) is 3.24. The van der Waals surface area contributed by atoms with Gasteiger partial charge in [0, 0.05) is 5.56 Å². The summed E-state index contributed by atoms with van der Waals surface area (Å²) in [5, 5.41) is 9.95. The summed E-state index contributed by atoms with van der Waals surface area (Å²) in [4.78, 5) is 13.3. The molecule has 1 saturated heterocycles. The van der Waals surface area contributed by atoms with E-state index in [-0.39, 0.29) is 11.9 Å². The van der Waals surface area contributed by atoms with Crippen molar-refractivity contribution < 1.29 is 14.3 Å². The van der Waals surface area contributed by atoms with Crippen LogP contribution in [0, 0.1) is 5.41 Å². The summed E-state index contributed by atoms with van der Waals surface area (Å²) >= 11 is 0. The van der Waals surface area contributed by atoms with Crippen molar-refractivity contribution in [3.05, 3.63) is 23.8 Å². The number of benzene rings is 1. The Morgan fingerprint density at radius 1 is 1.23 bits per heavy atom. The van der Waals surface area contributed by atoms with Gasteiger partial charge in [-0.15, -0.1) is 0 Å². The van der Waals surface area contributed by atoms with Gasteiger partial charge in [0.05, 0.1) is 31.4 Å². The van der Waals surface area contributed by atoms with Crippen molar-refractivity contribution in [3.63, 3.8) is 0 Å². The minimum Gasteiger partial charge on any atom is -0.493 e. The summed E-state index contributed by atoms with van der Waals surface area (Å²) in [5.74, 6) is 1.45. The second kappa shape index (κ2) is 7.66. The summed E-state index contributed by atoms with van der Waals surface area (Å²) in [6, 6.07) is 5.94. The summed E-state index contributed by atoms with van der Waals surface area (Å²) in [5.41, 5.74) is 1.16. The molecule has 26 heavy (non-hydrogen) atoms. The lowest BCUT2D eigenvalue weighted by molar-refractivity contribution is -0.138. The van der Waals surface area contributed by atoms with Crippen molar-refractivity contribution >= 4 is 11.6 Å². The number of nitrogens with zero attached hydrogens (tertiary/aromatic N) is 2. The molecule has 0 spiro atoms. The second-order valence-electron chi connectivity index (χ2n) is 7.23. The van der Waals surface area contributed by atoms with Gasteiger partial charge in [-0.2, -0.15) is 5.10 Å². The zero-order chi connectivity index (χ0) is 18.7. The molecule has 1 aromatic rings. The summed E-state index contributed by atoms with van der Waals surface area (Å²) < 4.78 is 10.8. The van der Waals surface area contributed by atoms with Crippen molar-refractivity contribution in [3.8, 4) is 11.5 Å². The topological polar surface area (TPSA) is 63.2 Å². The van der Waals surface area contributed by atoms with Crippen LogP contribution in [0.4, 0.5) is 0 Å². The van der Waals surface area contributed by atoms with Crippen LogP contribution >= 0.6 is 0 Å². The molecular weight excluding hydrogens is 330 g/mol. The van der Waals surface area contributed by atoms with Gasteiger partial charge < -0.3 is 14.8 Å². The van der Waals surface area contributed by atoms with Crippen molar-refractivity contribution in [2.75, 3.05) is 27.3 Å². The van der Waals surface area contributed by atoms with Crippen LogP contribution in [0.2, 0.25) is 0 Å². The number of hydrogen-bond acceptors (Lipinski definition) is 5. The highest BCUT2D eigenvalue weighted by atomic mass is 16.5. The van der Waals surface area contributed by atoms with E-state index in [1.807, 2.05) is 25.1 Å². The number of hydrogen-bond donors (Lipinski definition) is 1. The van der Waals surface area contributed by atoms with E-state index in [1.54, 1.807) is 19.2 Å². The predicted octanol–water partition coefficient (Wildman–Crippen LogP) is 2.81. The normalized spacial score (nSPS) is 23.9. The molecule has 142 valence electrons. The molecule has 3 rings (SSSR count). The predicted molar refractivity (Wildman–Crippen MR) is 102 cm³/mol. The molecule has 2 aliphatic heterocycles. The quantitative estimate of drug-likeness (QED) is 0.848. The number of nitrogens with one attached hydrogen (secondary N) is 1. The number of carbonyl (C=O) groups excluding carboxylic acids is 1. The minimum absolute atomic E-state index is 0.121. The molecule has 1 atom stereocenters. The van der Waals surface area contributed by atoms with Crippen LogP contribution in [0.1, 0.15) is 45.1 Å². The van der Waals surface area contributed by atoms with Crippen LogP contribution in [0.25, 0.3) is 0 Å². The standard InChI is InChI=1S/C20H29N3O3/c1-5-10-20(2)18(14-6-7-16(25-3)17(13-14)26-4)22-23(19(20)24)15-8-11-21-12-9-15/h6-7,13,15,21H,5,8-12H2,1-4H3. The average Bonchev–Trinajstić information content (AvgIpc) is 2.93. The molecule has 1 unspecified atom stereocenters. The smallest absolute Gasteiger partial charge is 0.254 e. The first-order valence-corrected chi connectivity index (χ1v) is 9.41. The number of amides is 1. The van der Waals surface area contributed by atoms with E-state index in [4.69, 9.17) is 14.6 Å². The maximum absolute atomic E-state index is 13.3. The molecule has 2 heterocycles. The Labute approximate surface area is 155 Å². The van der Waals surface area contributed by atoms with Gasteiger partial charge in [0.2, 0.25) is 0 Å². The molecular formula is C20H29N3O3. The lowest BCUT2D eigenvalue weighted by Crippen LogP contribution is -2.45. The van der Waals surface area contributed by atoms with Crippen LogP contribution in [0.5, 0.6) is 11.5 Å². The van der Waals surface area contributed by atoms with E-state index >= 15 is 0 Å². The van der Waals surface area contributed by atoms with Gasteiger partial charge in [-0.3, -0.25) is 4.79 Å². The van der Waals surface area contributed by atoms with Crippen LogP contribution in [0.15, 0.2) is 23.3 Å². The number of methoxy groups -OCH3 is 2. The van der Waals surface area contributed by atoms with Crippen LogP contribution in [-0.4, -0.2) is 50.0 Å². The van der Waals surface area contributed by atoms with E-state index in [0.29, 0.717) is 11.5 Å². The number of piperidine rings is 1. The third-order valence-corrected chi connectivity index (χ3v) is 5.47. The molecule has 1 amide bonds. The number of carbonyl (C=O) groups is 1. The maximum atomic E-state index is 13.3. The van der Waals surface area contributed by atoms with Gasteiger partial charge >= 0.3 is 0 Å². The summed E-state index contributed by atoms with van der Waals surface area (Å²) in [6.07, 6.45) is 3.59. The highest BCUT2D eigenvalue weighted by Crippen LogP contribution is 2.40. The van der Waals surface area contributed by atoms with E-state index < -0.39 is 5.41 Å². The fourth-order valence-corrected chi connectivity index (χ4v) is 4.00. The van der Waals surface area contributed by atoms with Gasteiger partial charge in [0.25, 0.3) is 5.91 Å². The third-order valence-electron chi connectivity index (χ3n) is 5.47. The van der Waals surface area contributed by atoms with Gasteiger partial charge in [-0.25, -0.2) is 5.01 Å². The number of hydrazone groups is 1. The molecule has 1 aromatic carbocycles. The third kappa shape index (κ3) is 3.18. The Morgan fingerprint density at radius 2 is 1.92 bits per heavy atom. The Hall–Kier alpha value is -2.08. The molecule has 0 aliphatic carbocycles.